The number of carbonyl (C=O) groups is 1. The molecule has 0 N–H and O–H groups in total. The number of hydrogen-bond acceptors (Lipinski definition) is 7. The summed E-state index contributed by atoms with van der Waals surface area (Å²) in [5.74, 6) is -0.499. The number of ether oxygens (including phenoxy) is 1. The van der Waals surface area contributed by atoms with Crippen LogP contribution in [0.5, 0.6) is 0 Å². The zero-order chi connectivity index (χ0) is 20.1. The molecule has 3 aromatic heterocycles. The molecule has 0 atom stereocenters. The van der Waals surface area contributed by atoms with Gasteiger partial charge in [-0.25, -0.2) is 14.6 Å². The molecular weight excluding hydrogens is 380 g/mol. The number of hydrogen-bond donors (Lipinski definition) is 0. The van der Waals surface area contributed by atoms with E-state index in [1.54, 1.807) is 37.5 Å². The molecule has 0 aliphatic rings. The molecule has 0 aliphatic carbocycles. The Bertz CT molecular complexity index is 1110. The first-order chi connectivity index (χ1) is 13.5. The molecule has 0 spiro atoms. The molecule has 3 rings (SSSR count). The molecule has 144 valence electrons. The van der Waals surface area contributed by atoms with E-state index in [1.165, 1.54) is 17.0 Å². The van der Waals surface area contributed by atoms with E-state index in [0.29, 0.717) is 5.01 Å². The molecule has 0 saturated heterocycles. The number of nitrogens with zero attached hydrogens (tertiary/aromatic N) is 4. The smallest absolute Gasteiger partial charge is 0.349 e. The van der Waals surface area contributed by atoms with Crippen LogP contribution in [0.4, 0.5) is 0 Å². The number of aromatic nitrogens is 4. The van der Waals surface area contributed by atoms with Crippen molar-refractivity contribution >= 4 is 17.3 Å². The normalized spacial score (nSPS) is 10.6. The second kappa shape index (κ2) is 8.57. The third-order valence-corrected chi connectivity index (χ3v) is 4.85. The first kappa shape index (κ1) is 19.4. The van der Waals surface area contributed by atoms with Crippen molar-refractivity contribution in [3.63, 3.8) is 0 Å². The van der Waals surface area contributed by atoms with Crippen molar-refractivity contribution in [2.24, 2.45) is 0 Å². The largest absolute Gasteiger partial charge is 0.462 e. The van der Waals surface area contributed by atoms with Gasteiger partial charge >= 0.3 is 11.7 Å². The van der Waals surface area contributed by atoms with Crippen LogP contribution in [-0.4, -0.2) is 31.7 Å². The minimum Gasteiger partial charge on any atom is -0.462 e. The molecular formula is C19H18N4O4S. The molecule has 0 saturated carbocycles. The second-order valence-corrected chi connectivity index (χ2v) is 6.80. The lowest BCUT2D eigenvalue weighted by Crippen LogP contribution is -2.40. The quantitative estimate of drug-likeness (QED) is 0.446. The molecule has 0 amide bonds. The Morgan fingerprint density at radius 2 is 2.18 bits per heavy atom. The van der Waals surface area contributed by atoms with E-state index in [-0.39, 0.29) is 30.1 Å². The average molecular weight is 398 g/mol. The summed E-state index contributed by atoms with van der Waals surface area (Å²) in [6, 6.07) is 3.52. The molecule has 0 unspecified atom stereocenters. The van der Waals surface area contributed by atoms with E-state index < -0.39 is 17.2 Å². The SMILES string of the molecule is C=CCn1cc(-c2ncc(C(=O)OCC)s2)c(=O)n(Cc2cccnc2)c1=O. The lowest BCUT2D eigenvalue weighted by molar-refractivity contribution is 0.0532. The van der Waals surface area contributed by atoms with Crippen LogP contribution in [0.25, 0.3) is 10.6 Å². The van der Waals surface area contributed by atoms with Gasteiger partial charge in [-0.2, -0.15) is 0 Å². The number of carbonyl (C=O) groups excluding carboxylic acids is 1. The maximum absolute atomic E-state index is 13.0. The monoisotopic (exact) mass is 398 g/mol. The molecule has 28 heavy (non-hydrogen) atoms. The Morgan fingerprint density at radius 3 is 2.86 bits per heavy atom. The van der Waals surface area contributed by atoms with Gasteiger partial charge < -0.3 is 4.74 Å². The van der Waals surface area contributed by atoms with Crippen LogP contribution < -0.4 is 11.2 Å². The minimum atomic E-state index is -0.499. The third-order valence-electron chi connectivity index (χ3n) is 3.84. The van der Waals surface area contributed by atoms with E-state index in [9.17, 15) is 14.4 Å². The maximum atomic E-state index is 13.0. The molecule has 0 bridgehead atoms. The van der Waals surface area contributed by atoms with E-state index in [1.807, 2.05) is 0 Å². The summed E-state index contributed by atoms with van der Waals surface area (Å²) >= 11 is 1.04. The average Bonchev–Trinajstić information content (AvgIpc) is 3.18. The Balaban J connectivity index is 2.11. The lowest BCUT2D eigenvalue weighted by atomic mass is 10.2. The fraction of sp³-hybridized carbons (Fsp3) is 0.211. The maximum Gasteiger partial charge on any atom is 0.349 e. The van der Waals surface area contributed by atoms with Crippen LogP contribution in [-0.2, 0) is 17.8 Å². The van der Waals surface area contributed by atoms with Crippen molar-refractivity contribution in [1.82, 2.24) is 19.1 Å². The highest BCUT2D eigenvalue weighted by atomic mass is 32.1. The summed E-state index contributed by atoms with van der Waals surface area (Å²) in [4.78, 5) is 46.1. The van der Waals surface area contributed by atoms with Crippen LogP contribution in [0.15, 0.2) is 59.2 Å². The molecule has 0 aliphatic heterocycles. The number of pyridine rings is 1. The van der Waals surface area contributed by atoms with Crippen molar-refractivity contribution in [2.75, 3.05) is 6.61 Å². The number of thiazole rings is 1. The number of esters is 1. The predicted molar refractivity (Wildman–Crippen MR) is 106 cm³/mol. The van der Waals surface area contributed by atoms with E-state index >= 15 is 0 Å². The van der Waals surface area contributed by atoms with Crippen LogP contribution in [0, 0.1) is 0 Å². The van der Waals surface area contributed by atoms with Gasteiger partial charge in [-0.15, -0.1) is 17.9 Å². The van der Waals surface area contributed by atoms with Crippen LogP contribution >= 0.6 is 11.3 Å². The van der Waals surface area contributed by atoms with Gasteiger partial charge in [-0.3, -0.25) is 18.9 Å². The highest BCUT2D eigenvalue weighted by Crippen LogP contribution is 2.22. The van der Waals surface area contributed by atoms with E-state index in [4.69, 9.17) is 4.74 Å². The van der Waals surface area contributed by atoms with E-state index in [2.05, 4.69) is 16.5 Å². The summed E-state index contributed by atoms with van der Waals surface area (Å²) in [6.45, 7) is 5.91. The Kier molecular flexibility index (Phi) is 5.95. The Labute approximate surface area is 164 Å². The van der Waals surface area contributed by atoms with Crippen LogP contribution in [0.3, 0.4) is 0 Å². The fourth-order valence-electron chi connectivity index (χ4n) is 2.58. The number of rotatable bonds is 7. The van der Waals surface area contributed by atoms with Gasteiger partial charge in [0.05, 0.1) is 24.9 Å². The molecule has 3 heterocycles. The van der Waals surface area contributed by atoms with Gasteiger partial charge in [0.1, 0.15) is 9.88 Å². The molecule has 8 nitrogen and oxygen atoms in total. The van der Waals surface area contributed by atoms with Crippen LogP contribution in [0.2, 0.25) is 0 Å². The fourth-order valence-corrected chi connectivity index (χ4v) is 3.39. The van der Waals surface area contributed by atoms with Crippen molar-refractivity contribution in [2.45, 2.75) is 20.0 Å². The van der Waals surface area contributed by atoms with Gasteiger partial charge in [0.2, 0.25) is 0 Å². The van der Waals surface area contributed by atoms with Crippen molar-refractivity contribution in [3.8, 4) is 10.6 Å². The Morgan fingerprint density at radius 1 is 1.36 bits per heavy atom. The second-order valence-electron chi connectivity index (χ2n) is 5.77. The summed E-state index contributed by atoms with van der Waals surface area (Å²) < 4.78 is 7.47. The molecule has 0 radical (unpaired) electrons. The van der Waals surface area contributed by atoms with Gasteiger partial charge in [0.15, 0.2) is 0 Å². The zero-order valence-electron chi connectivity index (χ0n) is 15.2. The first-order valence-corrected chi connectivity index (χ1v) is 9.34. The van der Waals surface area contributed by atoms with Gasteiger partial charge in [0.25, 0.3) is 5.56 Å². The summed E-state index contributed by atoms with van der Waals surface area (Å²) in [7, 11) is 0. The van der Waals surface area contributed by atoms with E-state index in [0.717, 1.165) is 21.5 Å². The topological polar surface area (TPSA) is 96.1 Å². The zero-order valence-corrected chi connectivity index (χ0v) is 16.0. The van der Waals surface area contributed by atoms with Crippen molar-refractivity contribution in [3.05, 3.63) is 80.9 Å². The molecule has 0 aromatic carbocycles. The van der Waals surface area contributed by atoms with Gasteiger partial charge in [-0.1, -0.05) is 12.1 Å². The van der Waals surface area contributed by atoms with Crippen molar-refractivity contribution in [1.29, 1.82) is 0 Å². The summed E-state index contributed by atoms with van der Waals surface area (Å²) in [5.41, 5.74) is -0.000146. The highest BCUT2D eigenvalue weighted by Gasteiger charge is 2.18. The Hall–Kier alpha value is -3.33. The molecule has 3 aromatic rings. The standard InChI is InChI=1S/C19H18N4O4S/c1-3-8-22-12-14(16-21-10-15(28-16)18(25)27-4-2)17(24)23(19(22)26)11-13-6-5-7-20-9-13/h3,5-7,9-10,12H,1,4,8,11H2,2H3. The molecule has 0 fully saturated rings. The first-order valence-electron chi connectivity index (χ1n) is 8.52. The highest BCUT2D eigenvalue weighted by molar-refractivity contribution is 7.16. The van der Waals surface area contributed by atoms with Gasteiger partial charge in [-0.05, 0) is 18.6 Å². The summed E-state index contributed by atoms with van der Waals surface area (Å²) in [6.07, 6.45) is 7.59. The minimum absolute atomic E-state index is 0.0760. The summed E-state index contributed by atoms with van der Waals surface area (Å²) in [5, 5.41) is 0.339. The predicted octanol–water partition coefficient (Wildman–Crippen LogP) is 1.94. The third kappa shape index (κ3) is 3.99. The lowest BCUT2D eigenvalue weighted by Gasteiger charge is -2.11. The number of allylic oxidation sites excluding steroid dienone is 1. The molecule has 9 heteroatoms. The van der Waals surface area contributed by atoms with Crippen LogP contribution in [0.1, 0.15) is 22.2 Å². The van der Waals surface area contributed by atoms with Crippen molar-refractivity contribution < 1.29 is 9.53 Å². The van der Waals surface area contributed by atoms with Gasteiger partial charge in [0, 0.05) is 25.1 Å².